The van der Waals surface area contributed by atoms with Crippen molar-refractivity contribution in [3.63, 3.8) is 0 Å². The van der Waals surface area contributed by atoms with Gasteiger partial charge in [0.2, 0.25) is 0 Å². The largest absolute Gasteiger partial charge is 0.332 e. The van der Waals surface area contributed by atoms with Gasteiger partial charge < -0.3 is 4.90 Å². The minimum Gasteiger partial charge on any atom is -0.332 e. The van der Waals surface area contributed by atoms with Gasteiger partial charge in [0, 0.05) is 18.5 Å². The lowest BCUT2D eigenvalue weighted by atomic mass is 9.75. The number of amides is 1. The number of carbonyl (C=O) groups is 1. The Morgan fingerprint density at radius 2 is 2.00 bits per heavy atom. The summed E-state index contributed by atoms with van der Waals surface area (Å²) >= 11 is 1.33. The first-order valence-corrected chi connectivity index (χ1v) is 9.90. The van der Waals surface area contributed by atoms with Crippen molar-refractivity contribution in [1.82, 2.24) is 14.8 Å². The maximum Gasteiger partial charge on any atom is 0.265 e. The van der Waals surface area contributed by atoms with Gasteiger partial charge in [-0.3, -0.25) is 14.7 Å². The number of halogens is 2. The lowest BCUT2D eigenvalue weighted by molar-refractivity contribution is -0.00345. The molecule has 6 rings (SSSR count). The van der Waals surface area contributed by atoms with Crippen molar-refractivity contribution >= 4 is 17.2 Å². The van der Waals surface area contributed by atoms with Crippen LogP contribution in [0.5, 0.6) is 0 Å². The SMILES string of the molecule is O=C(c1cncs1)N1C[C@H](c2cccc(F)c2F)[C@@H]2[C@H]1C1CCN2CC1. The Kier molecular flexibility index (Phi) is 3.83. The Bertz CT molecular complexity index is 835. The van der Waals surface area contributed by atoms with Gasteiger partial charge in [-0.25, -0.2) is 8.78 Å². The lowest BCUT2D eigenvalue weighted by Crippen LogP contribution is -2.60. The monoisotopic (exact) mass is 375 g/mol. The molecular weight excluding hydrogens is 356 g/mol. The quantitative estimate of drug-likeness (QED) is 0.809. The molecule has 1 aromatic heterocycles. The molecule has 2 bridgehead atoms. The maximum absolute atomic E-state index is 14.6. The van der Waals surface area contributed by atoms with Crippen molar-refractivity contribution in [2.24, 2.45) is 5.92 Å². The second kappa shape index (κ2) is 6.09. The molecule has 4 saturated heterocycles. The number of hydrogen-bond donors (Lipinski definition) is 0. The Balaban J connectivity index is 1.57. The zero-order chi connectivity index (χ0) is 17.8. The highest BCUT2D eigenvalue weighted by Gasteiger charge is 2.55. The van der Waals surface area contributed by atoms with Crippen molar-refractivity contribution in [2.45, 2.75) is 30.8 Å². The standard InChI is InChI=1S/C19H19F2N3OS/c20-14-3-1-2-12(16(14)21)13-9-24(19(25)15-8-22-10-26-15)17-11-4-6-23(7-5-11)18(13)17/h1-3,8,10-11,13,17-18H,4-7,9H2/t13-,17-,18-/m1/s1. The Hall–Kier alpha value is -1.86. The van der Waals surface area contributed by atoms with Crippen LogP contribution in [0.1, 0.15) is 34.0 Å². The minimum atomic E-state index is -0.817. The smallest absolute Gasteiger partial charge is 0.265 e. The molecule has 4 aliphatic rings. The molecule has 1 amide bonds. The van der Waals surface area contributed by atoms with Crippen LogP contribution in [0, 0.1) is 17.6 Å². The molecule has 0 saturated carbocycles. The number of hydrogen-bond acceptors (Lipinski definition) is 4. The Morgan fingerprint density at radius 3 is 2.73 bits per heavy atom. The summed E-state index contributed by atoms with van der Waals surface area (Å²) in [4.78, 5) is 22.0. The van der Waals surface area contributed by atoms with E-state index in [1.54, 1.807) is 23.8 Å². The predicted molar refractivity (Wildman–Crippen MR) is 94.1 cm³/mol. The molecule has 7 heteroatoms. The van der Waals surface area contributed by atoms with E-state index in [1.165, 1.54) is 11.3 Å². The van der Waals surface area contributed by atoms with Gasteiger partial charge in [0.1, 0.15) is 4.88 Å². The van der Waals surface area contributed by atoms with Gasteiger partial charge in [0.25, 0.3) is 5.91 Å². The van der Waals surface area contributed by atoms with Crippen LogP contribution in [0.15, 0.2) is 29.9 Å². The van der Waals surface area contributed by atoms with E-state index in [-0.39, 0.29) is 23.9 Å². The topological polar surface area (TPSA) is 36.4 Å². The normalized spacial score (nSPS) is 32.7. The summed E-state index contributed by atoms with van der Waals surface area (Å²) in [7, 11) is 0. The highest BCUT2D eigenvalue weighted by molar-refractivity contribution is 7.11. The molecule has 0 radical (unpaired) electrons. The molecule has 0 spiro atoms. The second-order valence-corrected chi connectivity index (χ2v) is 8.31. The third kappa shape index (κ3) is 2.33. The van der Waals surface area contributed by atoms with Crippen molar-refractivity contribution in [3.8, 4) is 0 Å². The van der Waals surface area contributed by atoms with Gasteiger partial charge in [-0.2, -0.15) is 0 Å². The van der Waals surface area contributed by atoms with E-state index in [1.807, 2.05) is 4.90 Å². The first-order chi connectivity index (χ1) is 12.6. The van der Waals surface area contributed by atoms with Crippen molar-refractivity contribution in [3.05, 3.63) is 52.0 Å². The molecule has 136 valence electrons. The van der Waals surface area contributed by atoms with Crippen molar-refractivity contribution in [2.75, 3.05) is 19.6 Å². The summed E-state index contributed by atoms with van der Waals surface area (Å²) in [6.45, 7) is 2.38. The van der Waals surface area contributed by atoms with Crippen LogP contribution in [0.2, 0.25) is 0 Å². The van der Waals surface area contributed by atoms with E-state index in [4.69, 9.17) is 0 Å². The summed E-state index contributed by atoms with van der Waals surface area (Å²) in [5, 5.41) is 0. The fourth-order valence-electron chi connectivity index (χ4n) is 5.20. The second-order valence-electron chi connectivity index (χ2n) is 7.43. The molecule has 26 heavy (non-hydrogen) atoms. The molecule has 3 atom stereocenters. The molecule has 0 aliphatic carbocycles. The molecular formula is C19H19F2N3OS. The average Bonchev–Trinajstić information content (AvgIpc) is 3.33. The highest BCUT2D eigenvalue weighted by Crippen LogP contribution is 2.47. The molecule has 2 aromatic rings. The van der Waals surface area contributed by atoms with Crippen LogP contribution in [0.3, 0.4) is 0 Å². The average molecular weight is 375 g/mol. The number of fused-ring (bicyclic) bond motifs is 2. The lowest BCUT2D eigenvalue weighted by Gasteiger charge is -2.51. The van der Waals surface area contributed by atoms with E-state index in [2.05, 4.69) is 9.88 Å². The number of benzene rings is 1. The van der Waals surface area contributed by atoms with E-state index in [0.717, 1.165) is 32.0 Å². The molecule has 0 N–H and O–H groups in total. The summed E-state index contributed by atoms with van der Waals surface area (Å²) < 4.78 is 28.4. The predicted octanol–water partition coefficient (Wildman–Crippen LogP) is 3.12. The molecule has 4 aliphatic heterocycles. The fourth-order valence-corrected chi connectivity index (χ4v) is 5.77. The van der Waals surface area contributed by atoms with E-state index in [0.29, 0.717) is 22.9 Å². The van der Waals surface area contributed by atoms with Crippen LogP contribution in [-0.2, 0) is 0 Å². The fraction of sp³-hybridized carbons (Fsp3) is 0.474. The molecule has 5 heterocycles. The Morgan fingerprint density at radius 1 is 1.19 bits per heavy atom. The van der Waals surface area contributed by atoms with Gasteiger partial charge in [-0.05, 0) is 43.5 Å². The third-order valence-corrected chi connectivity index (χ3v) is 7.04. The first kappa shape index (κ1) is 16.3. The molecule has 0 unspecified atom stereocenters. The first-order valence-electron chi connectivity index (χ1n) is 9.02. The molecule has 4 nitrogen and oxygen atoms in total. The molecule has 1 aromatic carbocycles. The number of thiazole rings is 1. The van der Waals surface area contributed by atoms with E-state index >= 15 is 0 Å². The third-order valence-electron chi connectivity index (χ3n) is 6.28. The van der Waals surface area contributed by atoms with Gasteiger partial charge in [-0.15, -0.1) is 11.3 Å². The van der Waals surface area contributed by atoms with Crippen LogP contribution >= 0.6 is 11.3 Å². The van der Waals surface area contributed by atoms with Crippen LogP contribution in [0.4, 0.5) is 8.78 Å². The number of carbonyl (C=O) groups excluding carboxylic acids is 1. The van der Waals surface area contributed by atoms with Gasteiger partial charge in [-0.1, -0.05) is 12.1 Å². The van der Waals surface area contributed by atoms with Crippen molar-refractivity contribution < 1.29 is 13.6 Å². The number of nitrogens with zero attached hydrogens (tertiary/aromatic N) is 3. The number of aromatic nitrogens is 1. The van der Waals surface area contributed by atoms with E-state index < -0.39 is 11.6 Å². The number of piperidine rings is 3. The van der Waals surface area contributed by atoms with Gasteiger partial charge >= 0.3 is 0 Å². The minimum absolute atomic E-state index is 0.0319. The Labute approximate surface area is 154 Å². The number of likely N-dealkylation sites (tertiary alicyclic amines) is 1. The summed E-state index contributed by atoms with van der Waals surface area (Å²) in [6.07, 6.45) is 3.72. The van der Waals surface area contributed by atoms with Gasteiger partial charge in [0.05, 0.1) is 17.7 Å². The number of rotatable bonds is 2. The van der Waals surface area contributed by atoms with Crippen LogP contribution in [-0.4, -0.2) is 52.4 Å². The van der Waals surface area contributed by atoms with Gasteiger partial charge in [0.15, 0.2) is 11.6 Å². The zero-order valence-electron chi connectivity index (χ0n) is 14.1. The highest BCUT2D eigenvalue weighted by atomic mass is 32.1. The summed E-state index contributed by atoms with van der Waals surface area (Å²) in [5.74, 6) is -1.39. The summed E-state index contributed by atoms with van der Waals surface area (Å²) in [5.41, 5.74) is 2.05. The zero-order valence-corrected chi connectivity index (χ0v) is 15.0. The summed E-state index contributed by atoms with van der Waals surface area (Å²) in [6, 6.07) is 4.52. The maximum atomic E-state index is 14.6. The van der Waals surface area contributed by atoms with Crippen molar-refractivity contribution in [1.29, 1.82) is 0 Å². The van der Waals surface area contributed by atoms with Crippen LogP contribution in [0.25, 0.3) is 0 Å². The van der Waals surface area contributed by atoms with E-state index in [9.17, 15) is 13.6 Å². The van der Waals surface area contributed by atoms with Crippen LogP contribution < -0.4 is 0 Å². The molecule has 4 fully saturated rings.